The number of benzene rings is 2. The monoisotopic (exact) mass is 562 g/mol. The van der Waals surface area contributed by atoms with Gasteiger partial charge >= 0.3 is 6.18 Å². The van der Waals surface area contributed by atoms with Gasteiger partial charge < -0.3 is 0 Å². The zero-order valence-corrected chi connectivity index (χ0v) is 20.8. The van der Waals surface area contributed by atoms with Crippen LogP contribution in [0.15, 0.2) is 58.4 Å². The molecule has 190 valence electrons. The molecule has 3 aromatic rings. The molecule has 1 aliphatic heterocycles. The van der Waals surface area contributed by atoms with Crippen LogP contribution in [0.25, 0.3) is 0 Å². The minimum Gasteiger partial charge on any atom is -0.273 e. The fraction of sp³-hybridized carbons (Fsp3) is 0.227. The summed E-state index contributed by atoms with van der Waals surface area (Å²) in [6.07, 6.45) is -4.79. The average Bonchev–Trinajstić information content (AvgIpc) is 3.23. The molecule has 0 saturated heterocycles. The van der Waals surface area contributed by atoms with Crippen molar-refractivity contribution in [2.75, 3.05) is 7.05 Å². The summed E-state index contributed by atoms with van der Waals surface area (Å²) in [7, 11) is -3.44. The van der Waals surface area contributed by atoms with Crippen LogP contribution in [0.4, 0.5) is 23.4 Å². The van der Waals surface area contributed by atoms with Gasteiger partial charge in [-0.15, -0.1) is 0 Å². The number of sulfonamides is 1. The molecule has 0 saturated carbocycles. The van der Waals surface area contributed by atoms with E-state index in [9.17, 15) is 30.8 Å². The fourth-order valence-electron chi connectivity index (χ4n) is 3.85. The number of aromatic nitrogens is 2. The molecule has 2 atom stereocenters. The Balaban J connectivity index is 1.85. The summed E-state index contributed by atoms with van der Waals surface area (Å²) in [5.74, 6) is -3.23. The number of carbonyl (C=O) groups excluding carboxylic acids is 1. The fourth-order valence-corrected chi connectivity index (χ4v) is 5.31. The Morgan fingerprint density at radius 3 is 2.28 bits per heavy atom. The number of hydrogen-bond donors (Lipinski definition) is 0. The molecule has 2 heterocycles. The standard InChI is InChI=1S/C22H16Cl2F4N4O3S/c1-11-19(21(33)31(2)36(34,35)14-6-4-13(25)5-7-14)20(12-3-8-15(23)16(24)9-12)32-18(29-11)10-17(30-32)22(26,27)28/h3-10,19-20H,1-2H3. The smallest absolute Gasteiger partial charge is 0.273 e. The van der Waals surface area contributed by atoms with E-state index in [-0.39, 0.29) is 32.0 Å². The molecule has 14 heteroatoms. The van der Waals surface area contributed by atoms with Crippen LogP contribution < -0.4 is 0 Å². The normalized spacial score (nSPS) is 17.9. The first-order chi connectivity index (χ1) is 16.7. The molecule has 7 nitrogen and oxygen atoms in total. The molecule has 0 fully saturated rings. The molecular weight excluding hydrogens is 547 g/mol. The highest BCUT2D eigenvalue weighted by Crippen LogP contribution is 2.42. The predicted molar refractivity (Wildman–Crippen MR) is 124 cm³/mol. The number of amides is 1. The van der Waals surface area contributed by atoms with Crippen LogP contribution in [0.1, 0.15) is 24.2 Å². The van der Waals surface area contributed by atoms with Crippen LogP contribution in [0, 0.1) is 11.7 Å². The Kier molecular flexibility index (Phi) is 6.65. The van der Waals surface area contributed by atoms with E-state index in [1.807, 2.05) is 0 Å². The van der Waals surface area contributed by atoms with E-state index in [0.717, 1.165) is 42.1 Å². The van der Waals surface area contributed by atoms with Gasteiger partial charge in [0.15, 0.2) is 11.5 Å². The second-order valence-corrected chi connectivity index (χ2v) is 10.7. The lowest BCUT2D eigenvalue weighted by atomic mass is 9.87. The van der Waals surface area contributed by atoms with Gasteiger partial charge in [-0.05, 0) is 48.9 Å². The van der Waals surface area contributed by atoms with Crippen molar-refractivity contribution in [1.82, 2.24) is 14.1 Å². The molecule has 1 amide bonds. The SMILES string of the molecule is CC1=Nc2cc(C(F)(F)F)nn2C(c2ccc(Cl)c(Cl)c2)C1C(=O)N(C)S(=O)(=O)c1ccc(F)cc1. The van der Waals surface area contributed by atoms with Crippen molar-refractivity contribution in [3.63, 3.8) is 0 Å². The molecule has 0 bridgehead atoms. The Morgan fingerprint density at radius 2 is 1.69 bits per heavy atom. The summed E-state index contributed by atoms with van der Waals surface area (Å²) in [5, 5.41) is 3.87. The Labute approximate surface area is 213 Å². The van der Waals surface area contributed by atoms with E-state index in [1.54, 1.807) is 0 Å². The van der Waals surface area contributed by atoms with Gasteiger partial charge in [-0.1, -0.05) is 29.3 Å². The van der Waals surface area contributed by atoms with Gasteiger partial charge in [0.1, 0.15) is 11.7 Å². The number of aliphatic imine (C=N–C) groups is 1. The van der Waals surface area contributed by atoms with Crippen LogP contribution in [0.5, 0.6) is 0 Å². The number of alkyl halides is 3. The summed E-state index contributed by atoms with van der Waals surface area (Å²) >= 11 is 12.1. The van der Waals surface area contributed by atoms with Crippen molar-refractivity contribution < 1.29 is 30.8 Å². The minimum atomic E-state index is -4.79. The van der Waals surface area contributed by atoms with Gasteiger partial charge in [0.2, 0.25) is 5.91 Å². The number of nitrogens with zero attached hydrogens (tertiary/aromatic N) is 4. The second-order valence-electron chi connectivity index (χ2n) is 7.94. The van der Waals surface area contributed by atoms with Gasteiger partial charge in [-0.3, -0.25) is 4.79 Å². The number of hydrogen-bond acceptors (Lipinski definition) is 5. The van der Waals surface area contributed by atoms with Crippen LogP contribution in [-0.4, -0.2) is 41.2 Å². The van der Waals surface area contributed by atoms with E-state index in [0.29, 0.717) is 4.31 Å². The molecule has 2 aromatic carbocycles. The number of halogens is 6. The van der Waals surface area contributed by atoms with Crippen molar-refractivity contribution >= 4 is 50.7 Å². The summed E-state index contributed by atoms with van der Waals surface area (Å²) in [4.78, 5) is 17.4. The Hall–Kier alpha value is -2.96. The van der Waals surface area contributed by atoms with Gasteiger partial charge in [-0.2, -0.15) is 18.3 Å². The maximum atomic E-state index is 13.6. The zero-order valence-electron chi connectivity index (χ0n) is 18.5. The maximum Gasteiger partial charge on any atom is 0.435 e. The molecule has 1 aromatic heterocycles. The highest BCUT2D eigenvalue weighted by atomic mass is 35.5. The van der Waals surface area contributed by atoms with Crippen LogP contribution in [-0.2, 0) is 21.0 Å². The molecule has 36 heavy (non-hydrogen) atoms. The van der Waals surface area contributed by atoms with E-state index in [4.69, 9.17) is 23.2 Å². The quantitative estimate of drug-likeness (QED) is 0.392. The molecular formula is C22H16Cl2F4N4O3S. The highest BCUT2D eigenvalue weighted by molar-refractivity contribution is 7.89. The largest absolute Gasteiger partial charge is 0.435 e. The minimum absolute atomic E-state index is 0.0540. The third-order valence-electron chi connectivity index (χ3n) is 5.66. The van der Waals surface area contributed by atoms with E-state index in [1.165, 1.54) is 25.1 Å². The molecule has 0 N–H and O–H groups in total. The second kappa shape index (κ2) is 9.16. The van der Waals surface area contributed by atoms with Crippen molar-refractivity contribution in [1.29, 1.82) is 0 Å². The predicted octanol–water partition coefficient (Wildman–Crippen LogP) is 5.51. The number of carbonyl (C=O) groups is 1. The molecule has 2 unspecified atom stereocenters. The van der Waals surface area contributed by atoms with E-state index >= 15 is 0 Å². The van der Waals surface area contributed by atoms with E-state index < -0.39 is 45.6 Å². The van der Waals surface area contributed by atoms with Crippen molar-refractivity contribution in [2.45, 2.75) is 24.0 Å². The maximum absolute atomic E-state index is 13.6. The van der Waals surface area contributed by atoms with Crippen LogP contribution >= 0.6 is 23.2 Å². The lowest BCUT2D eigenvalue weighted by molar-refractivity contribution is -0.141. The summed E-state index contributed by atoms with van der Waals surface area (Å²) < 4.78 is 81.1. The molecule has 0 aliphatic carbocycles. The summed E-state index contributed by atoms with van der Waals surface area (Å²) in [6, 6.07) is 7.54. The average molecular weight is 563 g/mol. The topological polar surface area (TPSA) is 84.6 Å². The summed E-state index contributed by atoms with van der Waals surface area (Å²) in [6.45, 7) is 1.40. The third kappa shape index (κ3) is 4.60. The number of fused-ring (bicyclic) bond motifs is 1. The number of rotatable bonds is 4. The van der Waals surface area contributed by atoms with Gasteiger partial charge in [0.25, 0.3) is 10.0 Å². The molecule has 0 spiro atoms. The van der Waals surface area contributed by atoms with Crippen molar-refractivity contribution in [3.8, 4) is 0 Å². The zero-order chi connectivity index (χ0) is 26.6. The van der Waals surface area contributed by atoms with Crippen molar-refractivity contribution in [3.05, 3.63) is 75.7 Å². The lowest BCUT2D eigenvalue weighted by Gasteiger charge is -2.33. The Bertz CT molecular complexity index is 1490. The van der Waals surface area contributed by atoms with Gasteiger partial charge in [0.05, 0.1) is 21.0 Å². The van der Waals surface area contributed by atoms with Crippen LogP contribution in [0.2, 0.25) is 10.0 Å². The molecule has 4 rings (SSSR count). The molecule has 0 radical (unpaired) electrons. The van der Waals surface area contributed by atoms with Gasteiger partial charge in [0, 0.05) is 18.8 Å². The first-order valence-electron chi connectivity index (χ1n) is 10.2. The van der Waals surface area contributed by atoms with Gasteiger partial charge in [-0.25, -0.2) is 26.8 Å². The molecule has 1 aliphatic rings. The Morgan fingerprint density at radius 1 is 1.06 bits per heavy atom. The third-order valence-corrected chi connectivity index (χ3v) is 8.17. The van der Waals surface area contributed by atoms with E-state index in [2.05, 4.69) is 10.1 Å². The first kappa shape index (κ1) is 26.1. The lowest BCUT2D eigenvalue weighted by Crippen LogP contribution is -2.45. The van der Waals surface area contributed by atoms with Crippen molar-refractivity contribution in [2.24, 2.45) is 10.9 Å². The van der Waals surface area contributed by atoms with Crippen LogP contribution in [0.3, 0.4) is 0 Å². The highest BCUT2D eigenvalue weighted by Gasteiger charge is 2.44. The first-order valence-corrected chi connectivity index (χ1v) is 12.4. The summed E-state index contributed by atoms with van der Waals surface area (Å²) in [5.41, 5.74) is -0.930.